The Morgan fingerprint density at radius 2 is 2.46 bits per heavy atom. The molecule has 72 valence electrons. The van der Waals surface area contributed by atoms with Crippen LogP contribution in [0.2, 0.25) is 0 Å². The summed E-state index contributed by atoms with van der Waals surface area (Å²) in [6.07, 6.45) is 2.71. The minimum atomic E-state index is 0.549. The number of nitrogens with zero attached hydrogens (tertiary/aromatic N) is 1. The Morgan fingerprint density at radius 1 is 1.69 bits per heavy atom. The van der Waals surface area contributed by atoms with E-state index in [1.807, 2.05) is 18.7 Å². The standard InChI is InChI=1S/C9H13NS3/c1-7-4-12-8(10-7)13-6-9(5-11)2-3-9/h4,11H,2-3,5-6H2,1H3. The number of thiol groups is 1. The predicted octanol–water partition coefficient (Wildman–Crippen LogP) is 3.25. The molecule has 0 atom stereocenters. The molecule has 0 amide bonds. The SMILES string of the molecule is Cc1csc(SCC2(CS)CC2)n1. The van der Waals surface area contributed by atoms with Gasteiger partial charge in [-0.1, -0.05) is 11.8 Å². The fraction of sp³-hybridized carbons (Fsp3) is 0.667. The van der Waals surface area contributed by atoms with Crippen LogP contribution in [0, 0.1) is 12.3 Å². The summed E-state index contributed by atoms with van der Waals surface area (Å²) in [6, 6.07) is 0. The zero-order valence-electron chi connectivity index (χ0n) is 7.62. The average Bonchev–Trinajstić information content (AvgIpc) is 2.81. The highest BCUT2D eigenvalue weighted by molar-refractivity contribution is 8.01. The molecule has 1 aliphatic rings. The third kappa shape index (κ3) is 2.42. The molecule has 2 rings (SSSR count). The summed E-state index contributed by atoms with van der Waals surface area (Å²) in [4.78, 5) is 4.43. The normalized spacial score (nSPS) is 18.9. The van der Waals surface area contributed by atoms with Crippen LogP contribution in [0.15, 0.2) is 9.72 Å². The van der Waals surface area contributed by atoms with Gasteiger partial charge in [-0.3, -0.25) is 0 Å². The van der Waals surface area contributed by atoms with Crippen LogP contribution >= 0.6 is 35.7 Å². The van der Waals surface area contributed by atoms with Crippen molar-refractivity contribution in [2.75, 3.05) is 11.5 Å². The van der Waals surface area contributed by atoms with Crippen molar-refractivity contribution >= 4 is 35.7 Å². The van der Waals surface area contributed by atoms with Gasteiger partial charge in [0.15, 0.2) is 0 Å². The summed E-state index contributed by atoms with van der Waals surface area (Å²) in [5.74, 6) is 2.23. The lowest BCUT2D eigenvalue weighted by atomic mass is 10.2. The molecule has 0 aromatic carbocycles. The van der Waals surface area contributed by atoms with Gasteiger partial charge in [0, 0.05) is 16.8 Å². The molecule has 0 unspecified atom stereocenters. The van der Waals surface area contributed by atoms with E-state index in [2.05, 4.69) is 23.0 Å². The highest BCUT2D eigenvalue weighted by Crippen LogP contribution is 2.50. The molecule has 1 aromatic heterocycles. The van der Waals surface area contributed by atoms with Crippen molar-refractivity contribution in [3.8, 4) is 0 Å². The quantitative estimate of drug-likeness (QED) is 0.631. The van der Waals surface area contributed by atoms with E-state index in [9.17, 15) is 0 Å². The molecule has 1 aliphatic carbocycles. The number of hydrogen-bond acceptors (Lipinski definition) is 4. The number of aryl methyl sites for hydroxylation is 1. The lowest BCUT2D eigenvalue weighted by Crippen LogP contribution is -2.05. The molecule has 0 radical (unpaired) electrons. The Bertz CT molecular complexity index is 291. The maximum absolute atomic E-state index is 4.43. The van der Waals surface area contributed by atoms with Gasteiger partial charge in [-0.25, -0.2) is 4.98 Å². The first kappa shape index (κ1) is 9.87. The van der Waals surface area contributed by atoms with Gasteiger partial charge in [-0.15, -0.1) is 11.3 Å². The highest BCUT2D eigenvalue weighted by atomic mass is 32.2. The van der Waals surface area contributed by atoms with Crippen molar-refractivity contribution in [1.82, 2.24) is 4.98 Å². The average molecular weight is 231 g/mol. The number of aromatic nitrogens is 1. The third-order valence-electron chi connectivity index (χ3n) is 2.39. The first-order chi connectivity index (χ1) is 6.24. The van der Waals surface area contributed by atoms with Crippen LogP contribution in [0.4, 0.5) is 0 Å². The Kier molecular flexibility index (Phi) is 2.91. The zero-order chi connectivity index (χ0) is 9.31. The molecule has 1 heterocycles. The molecule has 1 saturated carbocycles. The molecule has 0 saturated heterocycles. The topological polar surface area (TPSA) is 12.9 Å². The van der Waals surface area contributed by atoms with Gasteiger partial charge < -0.3 is 0 Å². The van der Waals surface area contributed by atoms with E-state index in [1.165, 1.54) is 22.9 Å². The largest absolute Gasteiger partial charge is 0.235 e. The molecule has 4 heteroatoms. The van der Waals surface area contributed by atoms with Crippen molar-refractivity contribution in [3.05, 3.63) is 11.1 Å². The maximum atomic E-state index is 4.43. The van der Waals surface area contributed by atoms with Crippen LogP contribution in [0.1, 0.15) is 18.5 Å². The van der Waals surface area contributed by atoms with Crippen LogP contribution in [0.5, 0.6) is 0 Å². The molecule has 1 aromatic rings. The number of hydrogen-bond donors (Lipinski definition) is 1. The Labute approximate surface area is 92.8 Å². The van der Waals surface area contributed by atoms with E-state index in [1.54, 1.807) is 11.3 Å². The summed E-state index contributed by atoms with van der Waals surface area (Å²) in [5.41, 5.74) is 1.69. The molecule has 0 N–H and O–H groups in total. The third-order valence-corrected chi connectivity index (χ3v) is 5.55. The second-order valence-electron chi connectivity index (χ2n) is 3.70. The smallest absolute Gasteiger partial charge is 0.150 e. The second-order valence-corrected chi connectivity index (χ2v) is 6.10. The number of thioether (sulfide) groups is 1. The lowest BCUT2D eigenvalue weighted by Gasteiger charge is -2.08. The van der Waals surface area contributed by atoms with E-state index in [-0.39, 0.29) is 0 Å². The van der Waals surface area contributed by atoms with Crippen molar-refractivity contribution in [2.45, 2.75) is 24.1 Å². The van der Waals surface area contributed by atoms with E-state index in [0.29, 0.717) is 5.41 Å². The van der Waals surface area contributed by atoms with Crippen molar-refractivity contribution in [2.24, 2.45) is 5.41 Å². The van der Waals surface area contributed by atoms with Crippen LogP contribution in [-0.4, -0.2) is 16.5 Å². The Morgan fingerprint density at radius 3 is 2.92 bits per heavy atom. The molecular formula is C9H13NS3. The molecule has 1 nitrogen and oxygen atoms in total. The first-order valence-electron chi connectivity index (χ1n) is 4.40. The first-order valence-corrected chi connectivity index (χ1v) is 6.90. The van der Waals surface area contributed by atoms with E-state index in [4.69, 9.17) is 0 Å². The zero-order valence-corrected chi connectivity index (χ0v) is 10.1. The van der Waals surface area contributed by atoms with Crippen molar-refractivity contribution in [1.29, 1.82) is 0 Å². The van der Waals surface area contributed by atoms with Gasteiger partial charge in [0.25, 0.3) is 0 Å². The van der Waals surface area contributed by atoms with Crippen molar-refractivity contribution < 1.29 is 0 Å². The fourth-order valence-electron chi connectivity index (χ4n) is 1.14. The van der Waals surface area contributed by atoms with Crippen LogP contribution in [0.25, 0.3) is 0 Å². The van der Waals surface area contributed by atoms with Gasteiger partial charge in [0.2, 0.25) is 0 Å². The predicted molar refractivity (Wildman–Crippen MR) is 63.1 cm³/mol. The fourth-order valence-corrected chi connectivity index (χ4v) is 3.86. The highest BCUT2D eigenvalue weighted by Gasteiger charge is 2.41. The van der Waals surface area contributed by atoms with Crippen LogP contribution in [-0.2, 0) is 0 Å². The molecule has 13 heavy (non-hydrogen) atoms. The van der Waals surface area contributed by atoms with Crippen molar-refractivity contribution in [3.63, 3.8) is 0 Å². The van der Waals surface area contributed by atoms with E-state index < -0.39 is 0 Å². The number of thiazole rings is 1. The maximum Gasteiger partial charge on any atom is 0.150 e. The molecule has 0 aliphatic heterocycles. The summed E-state index contributed by atoms with van der Waals surface area (Å²) < 4.78 is 1.21. The molecule has 1 fully saturated rings. The second kappa shape index (κ2) is 3.83. The molecule has 0 spiro atoms. The van der Waals surface area contributed by atoms with E-state index >= 15 is 0 Å². The molecule has 0 bridgehead atoms. The lowest BCUT2D eigenvalue weighted by molar-refractivity contribution is 0.683. The monoisotopic (exact) mass is 231 g/mol. The molecular weight excluding hydrogens is 218 g/mol. The van der Waals surface area contributed by atoms with Crippen LogP contribution < -0.4 is 0 Å². The van der Waals surface area contributed by atoms with E-state index in [0.717, 1.165) is 11.4 Å². The van der Waals surface area contributed by atoms with Crippen LogP contribution in [0.3, 0.4) is 0 Å². The van der Waals surface area contributed by atoms with Gasteiger partial charge >= 0.3 is 0 Å². The minimum Gasteiger partial charge on any atom is -0.235 e. The summed E-state index contributed by atoms with van der Waals surface area (Å²) >= 11 is 8.03. The summed E-state index contributed by atoms with van der Waals surface area (Å²) in [7, 11) is 0. The van der Waals surface area contributed by atoms with Gasteiger partial charge in [0.1, 0.15) is 4.34 Å². The Hall–Kier alpha value is 0.330. The van der Waals surface area contributed by atoms with Gasteiger partial charge in [-0.05, 0) is 30.9 Å². The summed E-state index contributed by atoms with van der Waals surface area (Å²) in [6.45, 7) is 2.05. The van der Waals surface area contributed by atoms with Gasteiger partial charge in [-0.2, -0.15) is 12.6 Å². The summed E-state index contributed by atoms with van der Waals surface area (Å²) in [5, 5.41) is 2.11. The van der Waals surface area contributed by atoms with Gasteiger partial charge in [0.05, 0.1) is 0 Å². The minimum absolute atomic E-state index is 0.549. The number of rotatable bonds is 4. The Balaban J connectivity index is 1.86.